The predicted octanol–water partition coefficient (Wildman–Crippen LogP) is 3.08. The molecule has 1 fully saturated rings. The normalized spacial score (nSPS) is 17.3. The maximum atomic E-state index is 12.7. The number of hydrogen-bond donors (Lipinski definition) is 0. The SMILES string of the molecule is Cc1ccc(S(=O)(=O)N2CCN(Cc3ncc(C(C)C)s3)CC2)cc1. The van der Waals surface area contributed by atoms with Gasteiger partial charge in [-0.05, 0) is 25.0 Å². The van der Waals surface area contributed by atoms with Crippen LogP contribution in [0.4, 0.5) is 0 Å². The van der Waals surface area contributed by atoms with Crippen LogP contribution in [0, 0.1) is 6.92 Å². The van der Waals surface area contributed by atoms with Crippen LogP contribution in [0.5, 0.6) is 0 Å². The number of hydrogen-bond acceptors (Lipinski definition) is 5. The average molecular weight is 380 g/mol. The van der Waals surface area contributed by atoms with Crippen LogP contribution in [0.25, 0.3) is 0 Å². The maximum Gasteiger partial charge on any atom is 0.243 e. The van der Waals surface area contributed by atoms with E-state index in [0.29, 0.717) is 23.9 Å². The van der Waals surface area contributed by atoms with E-state index in [2.05, 4.69) is 23.7 Å². The fourth-order valence-electron chi connectivity index (χ4n) is 2.84. The zero-order valence-electron chi connectivity index (χ0n) is 15.0. The van der Waals surface area contributed by atoms with Crippen LogP contribution in [0.3, 0.4) is 0 Å². The average Bonchev–Trinajstić information content (AvgIpc) is 3.04. The number of aryl methyl sites for hydroxylation is 1. The molecular weight excluding hydrogens is 354 g/mol. The van der Waals surface area contributed by atoms with Crippen molar-refractivity contribution in [3.8, 4) is 0 Å². The van der Waals surface area contributed by atoms with Crippen LogP contribution in [0.2, 0.25) is 0 Å². The second-order valence-electron chi connectivity index (χ2n) is 6.80. The van der Waals surface area contributed by atoms with Crippen molar-refractivity contribution >= 4 is 21.4 Å². The zero-order valence-corrected chi connectivity index (χ0v) is 16.6. The smallest absolute Gasteiger partial charge is 0.243 e. The summed E-state index contributed by atoms with van der Waals surface area (Å²) in [5.74, 6) is 0.503. The monoisotopic (exact) mass is 379 g/mol. The van der Waals surface area contributed by atoms with Gasteiger partial charge in [0.05, 0.1) is 11.4 Å². The van der Waals surface area contributed by atoms with Gasteiger partial charge in [0, 0.05) is 37.3 Å². The number of sulfonamides is 1. The molecule has 0 spiro atoms. The van der Waals surface area contributed by atoms with Gasteiger partial charge in [0.2, 0.25) is 10.0 Å². The molecule has 1 aromatic heterocycles. The Morgan fingerprint density at radius 3 is 2.32 bits per heavy atom. The molecule has 1 saturated heterocycles. The fourth-order valence-corrected chi connectivity index (χ4v) is 5.23. The van der Waals surface area contributed by atoms with Crippen LogP contribution in [-0.2, 0) is 16.6 Å². The predicted molar refractivity (Wildman–Crippen MR) is 101 cm³/mol. The molecule has 0 saturated carbocycles. The lowest BCUT2D eigenvalue weighted by Gasteiger charge is -2.33. The third-order valence-electron chi connectivity index (χ3n) is 4.49. The van der Waals surface area contributed by atoms with Gasteiger partial charge < -0.3 is 0 Å². The zero-order chi connectivity index (χ0) is 18.0. The lowest BCUT2D eigenvalue weighted by Crippen LogP contribution is -2.48. The van der Waals surface area contributed by atoms with Gasteiger partial charge in [0.25, 0.3) is 0 Å². The molecule has 1 aliphatic heterocycles. The highest BCUT2D eigenvalue weighted by atomic mass is 32.2. The summed E-state index contributed by atoms with van der Waals surface area (Å²) in [7, 11) is -3.39. The quantitative estimate of drug-likeness (QED) is 0.801. The number of aromatic nitrogens is 1. The molecule has 0 N–H and O–H groups in total. The summed E-state index contributed by atoms with van der Waals surface area (Å²) in [5, 5.41) is 1.11. The second-order valence-corrected chi connectivity index (χ2v) is 9.89. The van der Waals surface area contributed by atoms with Crippen LogP contribution in [0.1, 0.15) is 35.2 Å². The van der Waals surface area contributed by atoms with Crippen molar-refractivity contribution in [3.05, 3.63) is 45.9 Å². The van der Waals surface area contributed by atoms with Gasteiger partial charge in [-0.2, -0.15) is 4.31 Å². The molecule has 5 nitrogen and oxygen atoms in total. The molecular formula is C18H25N3O2S2. The van der Waals surface area contributed by atoms with E-state index in [1.807, 2.05) is 25.3 Å². The van der Waals surface area contributed by atoms with Gasteiger partial charge in [-0.15, -0.1) is 11.3 Å². The number of piperazine rings is 1. The molecule has 1 aromatic carbocycles. The minimum Gasteiger partial charge on any atom is -0.294 e. The molecule has 2 aromatic rings. The van der Waals surface area contributed by atoms with Gasteiger partial charge in [0.15, 0.2) is 0 Å². The fraction of sp³-hybridized carbons (Fsp3) is 0.500. The summed E-state index contributed by atoms with van der Waals surface area (Å²) in [5.41, 5.74) is 1.06. The molecule has 0 unspecified atom stereocenters. The van der Waals surface area contributed by atoms with Gasteiger partial charge >= 0.3 is 0 Å². The van der Waals surface area contributed by atoms with Crippen molar-refractivity contribution in [2.75, 3.05) is 26.2 Å². The van der Waals surface area contributed by atoms with Crippen molar-refractivity contribution in [2.24, 2.45) is 0 Å². The lowest BCUT2D eigenvalue weighted by molar-refractivity contribution is 0.181. The Hall–Kier alpha value is -1.28. The topological polar surface area (TPSA) is 53.5 Å². The minimum atomic E-state index is -3.39. The van der Waals surface area contributed by atoms with Crippen LogP contribution < -0.4 is 0 Å². The van der Waals surface area contributed by atoms with E-state index in [9.17, 15) is 8.42 Å². The second kappa shape index (κ2) is 7.53. The largest absolute Gasteiger partial charge is 0.294 e. The number of thiazole rings is 1. The van der Waals surface area contributed by atoms with Crippen LogP contribution in [-0.4, -0.2) is 48.8 Å². The van der Waals surface area contributed by atoms with E-state index in [4.69, 9.17) is 0 Å². The summed E-state index contributed by atoms with van der Waals surface area (Å²) < 4.78 is 27.1. The molecule has 0 atom stereocenters. The van der Waals surface area contributed by atoms with E-state index in [1.54, 1.807) is 27.8 Å². The first-order chi connectivity index (χ1) is 11.9. The van der Waals surface area contributed by atoms with Crippen molar-refractivity contribution in [1.29, 1.82) is 0 Å². The summed E-state index contributed by atoms with van der Waals surface area (Å²) in [6, 6.07) is 7.08. The first-order valence-electron chi connectivity index (χ1n) is 8.60. The van der Waals surface area contributed by atoms with E-state index in [0.717, 1.165) is 30.2 Å². The summed E-state index contributed by atoms with van der Waals surface area (Å²) >= 11 is 1.75. The van der Waals surface area contributed by atoms with Gasteiger partial charge in [-0.25, -0.2) is 13.4 Å². The van der Waals surface area contributed by atoms with Crippen molar-refractivity contribution < 1.29 is 8.42 Å². The van der Waals surface area contributed by atoms with E-state index < -0.39 is 10.0 Å². The molecule has 0 radical (unpaired) electrons. The van der Waals surface area contributed by atoms with E-state index in [-0.39, 0.29) is 0 Å². The number of benzene rings is 1. The number of nitrogens with zero attached hydrogens (tertiary/aromatic N) is 3. The van der Waals surface area contributed by atoms with Crippen molar-refractivity contribution in [1.82, 2.24) is 14.2 Å². The Kier molecular flexibility index (Phi) is 5.58. The highest BCUT2D eigenvalue weighted by Gasteiger charge is 2.28. The summed E-state index contributed by atoms with van der Waals surface area (Å²) in [4.78, 5) is 8.47. The first kappa shape index (κ1) is 18.5. The number of rotatable bonds is 5. The Balaban J connectivity index is 1.60. The Labute approximate surface area is 154 Å². The lowest BCUT2D eigenvalue weighted by atomic mass is 10.2. The Morgan fingerprint density at radius 1 is 1.12 bits per heavy atom. The Bertz CT molecular complexity index is 805. The molecule has 136 valence electrons. The highest BCUT2D eigenvalue weighted by Crippen LogP contribution is 2.24. The van der Waals surface area contributed by atoms with Gasteiger partial charge in [-0.3, -0.25) is 4.90 Å². The van der Waals surface area contributed by atoms with Crippen LogP contribution in [0.15, 0.2) is 35.4 Å². The maximum absolute atomic E-state index is 12.7. The van der Waals surface area contributed by atoms with Crippen molar-refractivity contribution in [3.63, 3.8) is 0 Å². The van der Waals surface area contributed by atoms with Crippen LogP contribution >= 0.6 is 11.3 Å². The molecule has 3 rings (SSSR count). The highest BCUT2D eigenvalue weighted by molar-refractivity contribution is 7.89. The first-order valence-corrected chi connectivity index (χ1v) is 10.9. The third-order valence-corrected chi connectivity index (χ3v) is 7.68. The van der Waals surface area contributed by atoms with E-state index in [1.165, 1.54) is 4.88 Å². The molecule has 2 heterocycles. The molecule has 7 heteroatoms. The molecule has 1 aliphatic rings. The molecule has 0 bridgehead atoms. The Morgan fingerprint density at radius 2 is 1.76 bits per heavy atom. The molecule has 0 amide bonds. The van der Waals surface area contributed by atoms with E-state index >= 15 is 0 Å². The van der Waals surface area contributed by atoms with Crippen molar-refractivity contribution in [2.45, 2.75) is 38.1 Å². The third kappa shape index (κ3) is 4.28. The standard InChI is InChI=1S/C18H25N3O2S2/c1-14(2)17-12-19-18(24-17)13-20-8-10-21(11-9-20)25(22,23)16-6-4-15(3)5-7-16/h4-7,12,14H,8-11,13H2,1-3H3. The molecule has 0 aliphatic carbocycles. The van der Waals surface area contributed by atoms with Gasteiger partial charge in [-0.1, -0.05) is 31.5 Å². The molecule has 25 heavy (non-hydrogen) atoms. The summed E-state index contributed by atoms with van der Waals surface area (Å²) in [6.07, 6.45) is 1.96. The summed E-state index contributed by atoms with van der Waals surface area (Å²) in [6.45, 7) is 9.63. The van der Waals surface area contributed by atoms with Gasteiger partial charge in [0.1, 0.15) is 5.01 Å². The minimum absolute atomic E-state index is 0.382.